The number of benzene rings is 3. The lowest BCUT2D eigenvalue weighted by Crippen LogP contribution is -2.55. The van der Waals surface area contributed by atoms with Crippen LogP contribution in [-0.2, 0) is 12.4 Å². The fourth-order valence-electron chi connectivity index (χ4n) is 5.34. The molecule has 2 fully saturated rings. The van der Waals surface area contributed by atoms with E-state index in [1.165, 1.54) is 23.1 Å². The zero-order valence-corrected chi connectivity index (χ0v) is 23.3. The quantitative estimate of drug-likeness (QED) is 0.234. The standard InChI is InChI=1S/C30H22F6N6S/c1-18-3-8-22(9-4-18)42-27(43)41(23-10-6-20(16-38)25(14-23)30(34,35)36)26(28(42)11-2-12-28)40-17-39-21-7-5-19(15-37)24(13-21)29(31,32)33/h3-10,13-14,39H,2,11-12,17H2,1H3. The molecule has 1 aliphatic heterocycles. The van der Waals surface area contributed by atoms with Gasteiger partial charge in [-0.2, -0.15) is 36.9 Å². The number of nitrogens with one attached hydrogen (secondary N) is 1. The first-order valence-corrected chi connectivity index (χ1v) is 13.4. The van der Waals surface area contributed by atoms with E-state index >= 15 is 0 Å². The Morgan fingerprint density at radius 3 is 1.95 bits per heavy atom. The smallest absolute Gasteiger partial charge is 0.366 e. The number of alkyl halides is 6. The topological polar surface area (TPSA) is 78.4 Å². The van der Waals surface area contributed by atoms with Gasteiger partial charge in [0.15, 0.2) is 5.11 Å². The highest BCUT2D eigenvalue weighted by atomic mass is 32.1. The summed E-state index contributed by atoms with van der Waals surface area (Å²) in [5.74, 6) is 0.333. The van der Waals surface area contributed by atoms with E-state index in [9.17, 15) is 31.6 Å². The number of aliphatic imine (C=N–C) groups is 1. The second-order valence-electron chi connectivity index (χ2n) is 10.2. The van der Waals surface area contributed by atoms with E-state index in [0.29, 0.717) is 24.4 Å². The average molecular weight is 613 g/mol. The fraction of sp³-hybridized carbons (Fsp3) is 0.267. The second-order valence-corrected chi connectivity index (χ2v) is 10.6. The van der Waals surface area contributed by atoms with E-state index in [4.69, 9.17) is 17.5 Å². The summed E-state index contributed by atoms with van der Waals surface area (Å²) in [6, 6.07) is 17.1. The Labute approximate surface area is 248 Å². The predicted molar refractivity (Wildman–Crippen MR) is 154 cm³/mol. The van der Waals surface area contributed by atoms with Gasteiger partial charge in [-0.1, -0.05) is 17.7 Å². The maximum Gasteiger partial charge on any atom is 0.417 e. The van der Waals surface area contributed by atoms with Crippen LogP contribution in [-0.4, -0.2) is 23.2 Å². The number of thiocarbonyl (C=S) groups is 1. The molecule has 0 bridgehead atoms. The Bertz CT molecular complexity index is 1690. The van der Waals surface area contributed by atoms with Gasteiger partial charge in [-0.25, -0.2) is 4.99 Å². The summed E-state index contributed by atoms with van der Waals surface area (Å²) in [6.45, 7) is 1.68. The zero-order valence-electron chi connectivity index (χ0n) is 22.5. The number of hydrogen-bond donors (Lipinski definition) is 1. The van der Waals surface area contributed by atoms with Crippen molar-refractivity contribution in [3.8, 4) is 12.1 Å². The Balaban J connectivity index is 1.59. The van der Waals surface area contributed by atoms with Gasteiger partial charge in [-0.05, 0) is 86.9 Å². The summed E-state index contributed by atoms with van der Waals surface area (Å²) in [5, 5.41) is 21.4. The molecule has 43 heavy (non-hydrogen) atoms. The van der Waals surface area contributed by atoms with Gasteiger partial charge in [0.1, 0.15) is 18.0 Å². The number of hydrogen-bond acceptors (Lipinski definition) is 5. The number of nitrogens with zero attached hydrogens (tertiary/aromatic N) is 5. The van der Waals surface area contributed by atoms with Crippen LogP contribution in [0.4, 0.5) is 43.4 Å². The van der Waals surface area contributed by atoms with Crippen molar-refractivity contribution in [3.63, 3.8) is 0 Å². The van der Waals surface area contributed by atoms with E-state index in [0.717, 1.165) is 36.2 Å². The van der Waals surface area contributed by atoms with Crippen molar-refractivity contribution in [2.24, 2.45) is 4.99 Å². The minimum absolute atomic E-state index is 0.0497. The van der Waals surface area contributed by atoms with Crippen LogP contribution in [0.1, 0.15) is 47.1 Å². The van der Waals surface area contributed by atoms with E-state index in [1.54, 1.807) is 6.07 Å². The highest BCUT2D eigenvalue weighted by Crippen LogP contribution is 2.49. The first-order valence-electron chi connectivity index (χ1n) is 13.0. The van der Waals surface area contributed by atoms with Gasteiger partial charge < -0.3 is 10.2 Å². The Morgan fingerprint density at radius 1 is 0.860 bits per heavy atom. The molecule has 1 heterocycles. The molecule has 0 unspecified atom stereocenters. The van der Waals surface area contributed by atoms with Crippen LogP contribution in [0.5, 0.6) is 0 Å². The Morgan fingerprint density at radius 2 is 1.42 bits per heavy atom. The SMILES string of the molecule is Cc1ccc(N2C(=S)N(c3ccc(C#N)c(C(F)(F)F)c3)C(=NCNc3ccc(C#N)c(C(F)(F)F)c3)C23CCC3)cc1. The van der Waals surface area contributed by atoms with E-state index in [-0.39, 0.29) is 23.2 Å². The molecule has 1 aliphatic carbocycles. The van der Waals surface area contributed by atoms with Crippen molar-refractivity contribution in [2.45, 2.75) is 44.1 Å². The van der Waals surface area contributed by atoms with Gasteiger partial charge in [0.2, 0.25) is 0 Å². The van der Waals surface area contributed by atoms with Crippen LogP contribution in [0.25, 0.3) is 0 Å². The molecule has 1 N–H and O–H groups in total. The van der Waals surface area contributed by atoms with Crippen molar-refractivity contribution in [1.29, 1.82) is 10.5 Å². The number of nitriles is 2. The molecule has 2 aliphatic rings. The van der Waals surface area contributed by atoms with Crippen LogP contribution >= 0.6 is 12.2 Å². The minimum Gasteiger partial charge on any atom is -0.366 e. The number of rotatable bonds is 5. The molecule has 220 valence electrons. The molecule has 1 saturated heterocycles. The summed E-state index contributed by atoms with van der Waals surface area (Å²) in [6.07, 6.45) is -7.62. The Kier molecular flexibility index (Phi) is 7.57. The lowest BCUT2D eigenvalue weighted by molar-refractivity contribution is -0.138. The molecular formula is C30H22F6N6S. The number of halogens is 6. The molecule has 3 aromatic rings. The maximum absolute atomic E-state index is 13.9. The second kappa shape index (κ2) is 10.9. The predicted octanol–water partition coefficient (Wildman–Crippen LogP) is 7.78. The molecule has 0 amide bonds. The van der Waals surface area contributed by atoms with Gasteiger partial charge in [0.25, 0.3) is 0 Å². The zero-order chi connectivity index (χ0) is 31.2. The third-order valence-corrected chi connectivity index (χ3v) is 7.92. The number of anilines is 3. The van der Waals surface area contributed by atoms with Crippen molar-refractivity contribution < 1.29 is 26.3 Å². The molecule has 6 nitrogen and oxygen atoms in total. The molecule has 1 spiro atoms. The van der Waals surface area contributed by atoms with Crippen molar-refractivity contribution in [1.82, 2.24) is 0 Å². The third kappa shape index (κ3) is 5.37. The van der Waals surface area contributed by atoms with E-state index in [1.807, 2.05) is 36.1 Å². The lowest BCUT2D eigenvalue weighted by atomic mass is 9.74. The van der Waals surface area contributed by atoms with Crippen LogP contribution in [0.3, 0.4) is 0 Å². The lowest BCUT2D eigenvalue weighted by Gasteiger charge is -2.45. The molecule has 13 heteroatoms. The van der Waals surface area contributed by atoms with E-state index in [2.05, 4.69) is 10.3 Å². The van der Waals surface area contributed by atoms with Crippen LogP contribution in [0.15, 0.2) is 65.7 Å². The highest BCUT2D eigenvalue weighted by molar-refractivity contribution is 7.81. The van der Waals surface area contributed by atoms with Crippen LogP contribution in [0.2, 0.25) is 0 Å². The first kappa shape index (κ1) is 29.9. The summed E-state index contributed by atoms with van der Waals surface area (Å²) in [7, 11) is 0. The normalized spacial score (nSPS) is 17.1. The van der Waals surface area contributed by atoms with Gasteiger partial charge in [-0.3, -0.25) is 4.90 Å². The first-order chi connectivity index (χ1) is 20.3. The molecule has 5 rings (SSSR count). The minimum atomic E-state index is -4.81. The summed E-state index contributed by atoms with van der Waals surface area (Å²) < 4.78 is 82.2. The molecular weight excluding hydrogens is 590 g/mol. The monoisotopic (exact) mass is 612 g/mol. The molecule has 0 atom stereocenters. The largest absolute Gasteiger partial charge is 0.417 e. The highest BCUT2D eigenvalue weighted by Gasteiger charge is 2.57. The number of aryl methyl sites for hydroxylation is 1. The van der Waals surface area contributed by atoms with Gasteiger partial charge in [0, 0.05) is 11.4 Å². The van der Waals surface area contributed by atoms with Crippen LogP contribution in [0, 0.1) is 29.6 Å². The van der Waals surface area contributed by atoms with Gasteiger partial charge in [0.05, 0.1) is 40.1 Å². The maximum atomic E-state index is 13.9. The summed E-state index contributed by atoms with van der Waals surface area (Å²) in [4.78, 5) is 7.97. The fourth-order valence-corrected chi connectivity index (χ4v) is 5.81. The van der Waals surface area contributed by atoms with Crippen molar-refractivity contribution >= 4 is 40.2 Å². The molecule has 0 aromatic heterocycles. The molecule has 1 saturated carbocycles. The molecule has 0 radical (unpaired) electrons. The molecule has 3 aromatic carbocycles. The van der Waals surface area contributed by atoms with Crippen LogP contribution < -0.4 is 15.1 Å². The Hall–Kier alpha value is -4.62. The third-order valence-electron chi connectivity index (χ3n) is 7.56. The summed E-state index contributed by atoms with van der Waals surface area (Å²) in [5.41, 5.74) is -2.29. The van der Waals surface area contributed by atoms with Gasteiger partial charge >= 0.3 is 12.4 Å². The number of amidine groups is 1. The average Bonchev–Trinajstić information content (AvgIpc) is 3.20. The van der Waals surface area contributed by atoms with Gasteiger partial charge in [-0.15, -0.1) is 0 Å². The van der Waals surface area contributed by atoms with E-state index < -0.39 is 40.1 Å². The van der Waals surface area contributed by atoms with Crippen molar-refractivity contribution in [2.75, 3.05) is 21.8 Å². The van der Waals surface area contributed by atoms with Crippen molar-refractivity contribution in [3.05, 3.63) is 88.5 Å². The summed E-state index contributed by atoms with van der Waals surface area (Å²) >= 11 is 5.86.